The third-order valence-corrected chi connectivity index (χ3v) is 7.40. The summed E-state index contributed by atoms with van der Waals surface area (Å²) in [6.45, 7) is 11.2. The van der Waals surface area contributed by atoms with Crippen LogP contribution in [-0.4, -0.2) is 4.98 Å². The average Bonchev–Trinajstić information content (AvgIpc) is 3.12. The van der Waals surface area contributed by atoms with Crippen molar-refractivity contribution < 1.29 is 4.39 Å². The molecule has 1 aromatic heterocycles. The van der Waals surface area contributed by atoms with E-state index in [0.717, 1.165) is 41.8 Å². The second-order valence-electron chi connectivity index (χ2n) is 11.3. The number of halogens is 1. The van der Waals surface area contributed by atoms with Gasteiger partial charge in [-0.05, 0) is 79.4 Å². The van der Waals surface area contributed by atoms with Gasteiger partial charge in [0.15, 0.2) is 0 Å². The number of aromatic nitrogens is 1. The fraction of sp³-hybridized carbons (Fsp3) is 0.324. The molecule has 0 amide bonds. The van der Waals surface area contributed by atoms with Gasteiger partial charge >= 0.3 is 0 Å². The number of hydrogen-bond donors (Lipinski definition) is 1. The Hall–Kier alpha value is -3.72. The Morgan fingerprint density at radius 2 is 1.62 bits per heavy atom. The van der Waals surface area contributed by atoms with Crippen molar-refractivity contribution >= 4 is 11.4 Å². The van der Waals surface area contributed by atoms with Crippen LogP contribution in [0.5, 0.6) is 0 Å². The number of hydrogen-bond acceptors (Lipinski definition) is 2. The molecule has 2 nitrogen and oxygen atoms in total. The molecule has 1 N–H and O–H groups in total. The van der Waals surface area contributed by atoms with E-state index in [9.17, 15) is 4.39 Å². The van der Waals surface area contributed by atoms with Gasteiger partial charge in [0, 0.05) is 16.8 Å². The van der Waals surface area contributed by atoms with Gasteiger partial charge in [0.25, 0.3) is 0 Å². The molecule has 1 heterocycles. The molecular weight excluding hydrogens is 491 g/mol. The van der Waals surface area contributed by atoms with Crippen molar-refractivity contribution in [2.24, 2.45) is 11.8 Å². The summed E-state index contributed by atoms with van der Waals surface area (Å²) in [4.78, 5) is 5.24. The highest BCUT2D eigenvalue weighted by molar-refractivity contribution is 5.86. The van der Waals surface area contributed by atoms with E-state index in [1.54, 1.807) is 6.08 Å². The highest BCUT2D eigenvalue weighted by atomic mass is 19.1. The minimum atomic E-state index is -0.176. The second-order valence-corrected chi connectivity index (χ2v) is 11.3. The molecule has 1 aliphatic carbocycles. The molecule has 3 heteroatoms. The molecule has 0 radical (unpaired) electrons. The second kappa shape index (κ2) is 14.1. The van der Waals surface area contributed by atoms with Gasteiger partial charge in [-0.2, -0.15) is 0 Å². The van der Waals surface area contributed by atoms with Crippen LogP contribution >= 0.6 is 0 Å². The summed E-state index contributed by atoms with van der Waals surface area (Å²) >= 11 is 0. The molecule has 0 saturated heterocycles. The maximum absolute atomic E-state index is 14.8. The standard InChI is InChI=1S/C37H43FN2/c1-6-7-9-18-29(27(4)5)36(25-26(2)3)40-37(28-16-10-8-11-17-28)35-24-15-23-34(39-35)32-21-14-22-33(38)31-20-13-12-19-30(31)32/h6-8,10-13,15-17,19-24,26-27,37,40H,9,14,18,25H2,1-5H3/b7-6-,36-29-. The zero-order valence-electron chi connectivity index (χ0n) is 24.6. The van der Waals surface area contributed by atoms with Crippen LogP contribution in [0.4, 0.5) is 4.39 Å². The van der Waals surface area contributed by atoms with Crippen molar-refractivity contribution in [2.45, 2.75) is 66.3 Å². The third kappa shape index (κ3) is 7.27. The zero-order chi connectivity index (χ0) is 28.5. The fourth-order valence-electron chi connectivity index (χ4n) is 5.46. The van der Waals surface area contributed by atoms with Gasteiger partial charge in [-0.15, -0.1) is 0 Å². The summed E-state index contributed by atoms with van der Waals surface area (Å²) in [7, 11) is 0. The van der Waals surface area contributed by atoms with Crippen molar-refractivity contribution in [3.63, 3.8) is 0 Å². The molecule has 0 aliphatic heterocycles. The molecule has 208 valence electrons. The monoisotopic (exact) mass is 534 g/mol. The molecule has 40 heavy (non-hydrogen) atoms. The maximum atomic E-state index is 14.8. The topological polar surface area (TPSA) is 24.9 Å². The highest BCUT2D eigenvalue weighted by Crippen LogP contribution is 2.35. The Labute approximate surface area is 240 Å². The number of nitrogens with one attached hydrogen (secondary N) is 1. The predicted molar refractivity (Wildman–Crippen MR) is 168 cm³/mol. The van der Waals surface area contributed by atoms with Crippen LogP contribution in [0.2, 0.25) is 0 Å². The Morgan fingerprint density at radius 3 is 2.33 bits per heavy atom. The summed E-state index contributed by atoms with van der Waals surface area (Å²) in [5.41, 5.74) is 8.27. The largest absolute Gasteiger partial charge is 0.376 e. The van der Waals surface area contributed by atoms with Gasteiger partial charge in [0.2, 0.25) is 0 Å². The van der Waals surface area contributed by atoms with E-state index in [0.29, 0.717) is 23.8 Å². The van der Waals surface area contributed by atoms with Gasteiger partial charge < -0.3 is 5.32 Å². The number of pyridine rings is 1. The van der Waals surface area contributed by atoms with Crippen molar-refractivity contribution in [1.29, 1.82) is 0 Å². The van der Waals surface area contributed by atoms with Gasteiger partial charge in [0.1, 0.15) is 5.83 Å². The zero-order valence-corrected chi connectivity index (χ0v) is 24.6. The first-order valence-electron chi connectivity index (χ1n) is 14.7. The first-order chi connectivity index (χ1) is 19.4. The number of benzene rings is 2. The molecular formula is C37H43FN2. The number of allylic oxidation sites excluding steroid dienone is 6. The highest BCUT2D eigenvalue weighted by Gasteiger charge is 2.22. The van der Waals surface area contributed by atoms with Crippen LogP contribution in [0.15, 0.2) is 108 Å². The molecule has 1 atom stereocenters. The van der Waals surface area contributed by atoms with Crippen LogP contribution in [0.1, 0.15) is 94.4 Å². The van der Waals surface area contributed by atoms with Crippen molar-refractivity contribution in [2.75, 3.05) is 0 Å². The first kappa shape index (κ1) is 29.3. The summed E-state index contributed by atoms with van der Waals surface area (Å²) in [5.74, 6) is 0.783. The number of nitrogens with zero attached hydrogens (tertiary/aromatic N) is 1. The van der Waals surface area contributed by atoms with Crippen LogP contribution in [-0.2, 0) is 0 Å². The molecule has 4 rings (SSSR count). The molecule has 0 spiro atoms. The number of fused-ring (bicyclic) bond motifs is 1. The van der Waals surface area contributed by atoms with E-state index >= 15 is 0 Å². The summed E-state index contributed by atoms with van der Waals surface area (Å²) in [6, 6.07) is 24.4. The van der Waals surface area contributed by atoms with Gasteiger partial charge in [-0.3, -0.25) is 4.98 Å². The molecule has 3 aromatic rings. The SMILES string of the molecule is C/C=C\CC/C(=C(\CC(C)C)NC(c1ccccc1)c1cccc(C2=CCC=C(F)c3ccccc32)n1)C(C)C. The molecule has 0 saturated carbocycles. The number of rotatable bonds is 11. The quantitative estimate of drug-likeness (QED) is 0.248. The normalized spacial score (nSPS) is 14.9. The smallest absolute Gasteiger partial charge is 0.127 e. The Morgan fingerprint density at radius 1 is 0.900 bits per heavy atom. The molecule has 1 aliphatic rings. The van der Waals surface area contributed by atoms with E-state index < -0.39 is 0 Å². The van der Waals surface area contributed by atoms with Crippen molar-refractivity contribution in [1.82, 2.24) is 10.3 Å². The van der Waals surface area contributed by atoms with Crippen LogP contribution in [0, 0.1) is 11.8 Å². The van der Waals surface area contributed by atoms with Crippen LogP contribution in [0.3, 0.4) is 0 Å². The minimum Gasteiger partial charge on any atom is -0.376 e. The van der Waals surface area contributed by atoms with Gasteiger partial charge in [0.05, 0.1) is 17.4 Å². The molecule has 0 bridgehead atoms. The predicted octanol–water partition coefficient (Wildman–Crippen LogP) is 10.2. The fourth-order valence-corrected chi connectivity index (χ4v) is 5.46. The average molecular weight is 535 g/mol. The maximum Gasteiger partial charge on any atom is 0.127 e. The lowest BCUT2D eigenvalue weighted by Gasteiger charge is -2.27. The third-order valence-electron chi connectivity index (χ3n) is 7.40. The molecule has 2 aromatic carbocycles. The first-order valence-corrected chi connectivity index (χ1v) is 14.7. The van der Waals surface area contributed by atoms with E-state index in [2.05, 4.69) is 101 Å². The lowest BCUT2D eigenvalue weighted by molar-refractivity contribution is 0.543. The van der Waals surface area contributed by atoms with E-state index in [4.69, 9.17) is 4.98 Å². The van der Waals surface area contributed by atoms with Crippen LogP contribution in [0.25, 0.3) is 11.4 Å². The lowest BCUT2D eigenvalue weighted by Crippen LogP contribution is -2.26. The summed E-state index contributed by atoms with van der Waals surface area (Å²) in [6.07, 6.45) is 11.7. The van der Waals surface area contributed by atoms with E-state index in [-0.39, 0.29) is 11.9 Å². The molecule has 0 fully saturated rings. The minimum absolute atomic E-state index is 0.109. The Kier molecular flexibility index (Phi) is 10.3. The Bertz CT molecular complexity index is 1390. The van der Waals surface area contributed by atoms with Gasteiger partial charge in [-0.1, -0.05) is 107 Å². The Balaban J connectivity index is 1.80. The van der Waals surface area contributed by atoms with Crippen LogP contribution < -0.4 is 5.32 Å². The van der Waals surface area contributed by atoms with Crippen molar-refractivity contribution in [3.05, 3.63) is 136 Å². The van der Waals surface area contributed by atoms with E-state index in [1.807, 2.05) is 30.3 Å². The summed E-state index contributed by atoms with van der Waals surface area (Å²) in [5, 5.41) is 4.00. The van der Waals surface area contributed by atoms with Crippen molar-refractivity contribution in [3.8, 4) is 0 Å². The summed E-state index contributed by atoms with van der Waals surface area (Å²) < 4.78 is 14.8. The molecule has 1 unspecified atom stereocenters. The van der Waals surface area contributed by atoms with E-state index in [1.165, 1.54) is 16.8 Å². The lowest BCUT2D eigenvalue weighted by atomic mass is 9.91. The van der Waals surface area contributed by atoms with Gasteiger partial charge in [-0.25, -0.2) is 4.39 Å².